The molecule has 0 saturated heterocycles. The van der Waals surface area contributed by atoms with Gasteiger partial charge in [0.05, 0.1) is 22.7 Å². The summed E-state index contributed by atoms with van der Waals surface area (Å²) < 4.78 is 4.73. The number of ether oxygens (including phenoxy) is 1. The van der Waals surface area contributed by atoms with Crippen molar-refractivity contribution in [2.75, 3.05) is 13.7 Å². The van der Waals surface area contributed by atoms with Crippen molar-refractivity contribution in [2.45, 2.75) is 12.5 Å². The molecule has 6 nitrogen and oxygen atoms in total. The minimum Gasteiger partial charge on any atom is -0.390 e. The highest BCUT2D eigenvalue weighted by atomic mass is 35.5. The van der Waals surface area contributed by atoms with E-state index in [0.29, 0.717) is 0 Å². The molecule has 0 fully saturated rings. The van der Waals surface area contributed by atoms with E-state index in [1.165, 1.54) is 19.4 Å². The fourth-order valence-corrected chi connectivity index (χ4v) is 1.40. The summed E-state index contributed by atoms with van der Waals surface area (Å²) >= 11 is 5.60. The van der Waals surface area contributed by atoms with Gasteiger partial charge < -0.3 is 9.84 Å². The Morgan fingerprint density at radius 2 is 2.44 bits per heavy atom. The van der Waals surface area contributed by atoms with E-state index in [9.17, 15) is 15.2 Å². The first kappa shape index (κ1) is 12.8. The van der Waals surface area contributed by atoms with Crippen LogP contribution in [0.2, 0.25) is 5.02 Å². The van der Waals surface area contributed by atoms with Crippen LogP contribution >= 0.6 is 11.6 Å². The third-order valence-corrected chi connectivity index (χ3v) is 2.11. The van der Waals surface area contributed by atoms with Gasteiger partial charge in [0.2, 0.25) is 0 Å². The van der Waals surface area contributed by atoms with Crippen LogP contribution in [0.25, 0.3) is 0 Å². The van der Waals surface area contributed by atoms with Gasteiger partial charge in [-0.2, -0.15) is 0 Å². The molecule has 0 spiro atoms. The molecule has 0 bridgehead atoms. The van der Waals surface area contributed by atoms with E-state index in [4.69, 9.17) is 16.3 Å². The molecule has 0 amide bonds. The van der Waals surface area contributed by atoms with Crippen molar-refractivity contribution in [3.63, 3.8) is 0 Å². The number of hydrogen-bond donors (Lipinski definition) is 1. The van der Waals surface area contributed by atoms with Gasteiger partial charge in [0.1, 0.15) is 5.69 Å². The molecule has 16 heavy (non-hydrogen) atoms. The molecule has 88 valence electrons. The highest BCUT2D eigenvalue weighted by Crippen LogP contribution is 2.21. The predicted molar refractivity (Wildman–Crippen MR) is 57.5 cm³/mol. The topological polar surface area (TPSA) is 85.5 Å². The fourth-order valence-electron chi connectivity index (χ4n) is 1.25. The molecule has 1 unspecified atom stereocenters. The van der Waals surface area contributed by atoms with Crippen LogP contribution in [0.15, 0.2) is 12.3 Å². The van der Waals surface area contributed by atoms with E-state index in [0.717, 1.165) is 0 Å². The van der Waals surface area contributed by atoms with Gasteiger partial charge in [-0.25, -0.2) is 0 Å². The Morgan fingerprint density at radius 1 is 1.75 bits per heavy atom. The Hall–Kier alpha value is -1.24. The second-order valence-electron chi connectivity index (χ2n) is 3.19. The fraction of sp³-hybridized carbons (Fsp3) is 0.444. The number of aliphatic hydroxyl groups excluding tert-OH is 1. The second-order valence-corrected chi connectivity index (χ2v) is 3.63. The average Bonchev–Trinajstić information content (AvgIpc) is 2.20. The van der Waals surface area contributed by atoms with Crippen LogP contribution in [-0.4, -0.2) is 34.8 Å². The normalized spacial score (nSPS) is 12.4. The van der Waals surface area contributed by atoms with E-state index >= 15 is 0 Å². The Bertz CT molecular complexity index is 386. The Kier molecular flexibility index (Phi) is 4.60. The summed E-state index contributed by atoms with van der Waals surface area (Å²) in [4.78, 5) is 14.0. The minimum absolute atomic E-state index is 0.0569. The molecule has 1 aromatic heterocycles. The van der Waals surface area contributed by atoms with E-state index in [1.807, 2.05) is 0 Å². The van der Waals surface area contributed by atoms with Crippen molar-refractivity contribution >= 4 is 17.3 Å². The number of aromatic nitrogens is 1. The lowest BCUT2D eigenvalue weighted by Crippen LogP contribution is -2.18. The van der Waals surface area contributed by atoms with Gasteiger partial charge in [0, 0.05) is 25.8 Å². The molecule has 1 heterocycles. The molecule has 0 aliphatic carbocycles. The van der Waals surface area contributed by atoms with Gasteiger partial charge in [-0.15, -0.1) is 0 Å². The second kappa shape index (κ2) is 5.74. The average molecular weight is 247 g/mol. The maximum absolute atomic E-state index is 10.7. The first-order valence-corrected chi connectivity index (χ1v) is 4.88. The predicted octanol–water partition coefficient (Wildman–Crippen LogP) is 1.19. The van der Waals surface area contributed by atoms with Gasteiger partial charge in [-0.3, -0.25) is 15.1 Å². The zero-order valence-electron chi connectivity index (χ0n) is 8.59. The van der Waals surface area contributed by atoms with Gasteiger partial charge in [-0.1, -0.05) is 11.6 Å². The van der Waals surface area contributed by atoms with Crippen LogP contribution in [-0.2, 0) is 11.2 Å². The van der Waals surface area contributed by atoms with Crippen LogP contribution in [0.1, 0.15) is 5.69 Å². The molecule has 7 heteroatoms. The zero-order valence-corrected chi connectivity index (χ0v) is 9.35. The largest absolute Gasteiger partial charge is 0.390 e. The van der Waals surface area contributed by atoms with E-state index < -0.39 is 11.0 Å². The van der Waals surface area contributed by atoms with Crippen molar-refractivity contribution in [3.8, 4) is 0 Å². The van der Waals surface area contributed by atoms with E-state index in [1.54, 1.807) is 0 Å². The molecule has 0 radical (unpaired) electrons. The third-order valence-electron chi connectivity index (χ3n) is 1.90. The number of pyridine rings is 1. The lowest BCUT2D eigenvalue weighted by Gasteiger charge is -2.08. The molecular weight excluding hydrogens is 236 g/mol. The molecule has 0 aliphatic heterocycles. The van der Waals surface area contributed by atoms with Crippen molar-refractivity contribution in [3.05, 3.63) is 33.1 Å². The zero-order chi connectivity index (χ0) is 12.1. The molecule has 0 saturated carbocycles. The summed E-state index contributed by atoms with van der Waals surface area (Å²) in [5.74, 6) is 0. The maximum atomic E-state index is 10.7. The molecule has 0 aromatic carbocycles. The van der Waals surface area contributed by atoms with Gasteiger partial charge in [-0.05, 0) is 0 Å². The smallest absolute Gasteiger partial charge is 0.292 e. The highest BCUT2D eigenvalue weighted by molar-refractivity contribution is 6.30. The number of nitro groups is 1. The first-order chi connectivity index (χ1) is 7.54. The number of aliphatic hydroxyl groups is 1. The van der Waals surface area contributed by atoms with E-state index in [-0.39, 0.29) is 29.4 Å². The van der Waals surface area contributed by atoms with Crippen LogP contribution in [0.4, 0.5) is 5.69 Å². The highest BCUT2D eigenvalue weighted by Gasteiger charge is 2.18. The molecule has 1 rings (SSSR count). The van der Waals surface area contributed by atoms with Gasteiger partial charge >= 0.3 is 0 Å². The van der Waals surface area contributed by atoms with Crippen molar-refractivity contribution in [1.82, 2.24) is 4.98 Å². The minimum atomic E-state index is -0.822. The molecule has 0 aliphatic rings. The summed E-state index contributed by atoms with van der Waals surface area (Å²) in [6.07, 6.45) is 0.544. The summed E-state index contributed by atoms with van der Waals surface area (Å²) in [6.45, 7) is 0.0987. The van der Waals surface area contributed by atoms with E-state index in [2.05, 4.69) is 4.98 Å². The molecular formula is C9H11ClN2O4. The standard InChI is InChI=1S/C9H11ClN2O4/c1-16-5-7(13)3-8-9(12(14)15)2-6(10)4-11-8/h2,4,7,13H,3,5H2,1H3. The van der Waals surface area contributed by atoms with Gasteiger partial charge in [0.25, 0.3) is 5.69 Å². The summed E-state index contributed by atoms with van der Waals surface area (Å²) in [7, 11) is 1.44. The molecule has 1 atom stereocenters. The Labute approximate surface area is 97.0 Å². The maximum Gasteiger partial charge on any atom is 0.292 e. The quantitative estimate of drug-likeness (QED) is 0.623. The third kappa shape index (κ3) is 3.41. The summed E-state index contributed by atoms with van der Waals surface area (Å²) in [5, 5.41) is 20.4. The van der Waals surface area contributed by atoms with Crippen LogP contribution in [0.3, 0.4) is 0 Å². The Balaban J connectivity index is 2.90. The van der Waals surface area contributed by atoms with Crippen LogP contribution < -0.4 is 0 Å². The monoisotopic (exact) mass is 246 g/mol. The number of hydrogen-bond acceptors (Lipinski definition) is 5. The number of halogens is 1. The molecule has 1 aromatic rings. The number of methoxy groups -OCH3 is 1. The number of rotatable bonds is 5. The van der Waals surface area contributed by atoms with Crippen molar-refractivity contribution < 1.29 is 14.8 Å². The Morgan fingerprint density at radius 3 is 3.00 bits per heavy atom. The SMILES string of the molecule is COCC(O)Cc1ncc(Cl)cc1[N+](=O)[O-]. The first-order valence-electron chi connectivity index (χ1n) is 4.50. The van der Waals surface area contributed by atoms with Crippen LogP contribution in [0, 0.1) is 10.1 Å². The van der Waals surface area contributed by atoms with Crippen molar-refractivity contribution in [1.29, 1.82) is 0 Å². The number of nitrogens with zero attached hydrogens (tertiary/aromatic N) is 2. The van der Waals surface area contributed by atoms with Crippen LogP contribution in [0.5, 0.6) is 0 Å². The lowest BCUT2D eigenvalue weighted by molar-refractivity contribution is -0.386. The lowest BCUT2D eigenvalue weighted by atomic mass is 10.1. The molecule has 1 N–H and O–H groups in total. The summed E-state index contributed by atoms with van der Waals surface area (Å²) in [6, 6.07) is 1.21. The summed E-state index contributed by atoms with van der Waals surface area (Å²) in [5.41, 5.74) is 0.00148. The van der Waals surface area contributed by atoms with Crippen molar-refractivity contribution in [2.24, 2.45) is 0 Å². The van der Waals surface area contributed by atoms with Gasteiger partial charge in [0.15, 0.2) is 0 Å².